The second-order valence-corrected chi connectivity index (χ2v) is 14.3. The molecule has 3 atom stereocenters. The van der Waals surface area contributed by atoms with Crippen LogP contribution in [0.15, 0.2) is 73.1 Å². The van der Waals surface area contributed by atoms with Crippen molar-refractivity contribution in [3.63, 3.8) is 0 Å². The van der Waals surface area contributed by atoms with Gasteiger partial charge in [-0.1, -0.05) is 59.6 Å². The number of nitrogens with zero attached hydrogens (tertiary/aromatic N) is 1. The van der Waals surface area contributed by atoms with Gasteiger partial charge >= 0.3 is 11.9 Å². The summed E-state index contributed by atoms with van der Waals surface area (Å²) in [4.78, 5) is 33.8. The zero-order valence-electron chi connectivity index (χ0n) is 27.9. The van der Waals surface area contributed by atoms with Crippen molar-refractivity contribution in [2.45, 2.75) is 43.9 Å². The molecule has 5 heterocycles. The minimum Gasteiger partial charge on any atom is -0.870 e. The number of carbonyl (C=O) groups is 2. The summed E-state index contributed by atoms with van der Waals surface area (Å²) in [6.45, 7) is 3.49. The van der Waals surface area contributed by atoms with Gasteiger partial charge < -0.3 is 29.7 Å². The number of H-pyrrole nitrogens is 1. The van der Waals surface area contributed by atoms with Crippen LogP contribution in [0.4, 0.5) is 0 Å². The number of nitrogens with one attached hydrogen (secondary N) is 2. The Kier molecular flexibility index (Phi) is 13.1. The van der Waals surface area contributed by atoms with E-state index in [1.165, 1.54) is 11.3 Å². The molecule has 10 nitrogen and oxygen atoms in total. The number of hydrogen-bond acceptors (Lipinski definition) is 10. The zero-order chi connectivity index (χ0) is 34.3. The first kappa shape index (κ1) is 37.5. The van der Waals surface area contributed by atoms with Crippen molar-refractivity contribution in [3.8, 4) is 11.5 Å². The van der Waals surface area contributed by atoms with E-state index in [9.17, 15) is 9.59 Å². The largest absolute Gasteiger partial charge is 0.870 e. The quantitative estimate of drug-likeness (QED) is 0.147. The molecule has 1 unspecified atom stereocenters. The minimum atomic E-state index is -0.717. The van der Waals surface area contributed by atoms with Crippen LogP contribution < -0.4 is 19.8 Å². The molecular weight excluding hydrogens is 701 g/mol. The van der Waals surface area contributed by atoms with Crippen molar-refractivity contribution in [2.24, 2.45) is 5.92 Å². The van der Waals surface area contributed by atoms with Crippen LogP contribution >= 0.6 is 34.5 Å². The number of ether oxygens (including phenoxy) is 4. The molecule has 0 radical (unpaired) electrons. The fraction of sp³-hybridized carbons (Fsp3) is 0.378. The maximum absolute atomic E-state index is 13.6. The molecule has 0 aliphatic carbocycles. The van der Waals surface area contributed by atoms with Gasteiger partial charge in [-0.3, -0.25) is 4.90 Å². The summed E-state index contributed by atoms with van der Waals surface area (Å²) in [7, 11) is 3.11. The van der Waals surface area contributed by atoms with Crippen molar-refractivity contribution in [3.05, 3.63) is 110 Å². The van der Waals surface area contributed by atoms with Gasteiger partial charge in [0.25, 0.3) is 0 Å². The lowest BCUT2D eigenvalue weighted by atomic mass is 9.86. The maximum Gasteiger partial charge on any atom is 0.348 e. The van der Waals surface area contributed by atoms with Crippen molar-refractivity contribution < 1.29 is 39.0 Å². The van der Waals surface area contributed by atoms with E-state index in [0.29, 0.717) is 56.4 Å². The molecule has 3 saturated heterocycles. The number of rotatable bonds is 14. The van der Waals surface area contributed by atoms with Gasteiger partial charge in [0.2, 0.25) is 0 Å². The topological polar surface area (TPSA) is 130 Å². The summed E-state index contributed by atoms with van der Waals surface area (Å²) in [6.07, 6.45) is 5.49. The molecule has 0 spiro atoms. The SMILES string of the molecule is COc1ccc([C@H](Cc2c(Cl)c[nH+]cc2Cl)OC(=O)c2ccc(CCNC(C(=O)O[C@H]3CN4CCC3CC4)c3ccccc3)s2)cc1OC.[OH-]. The van der Waals surface area contributed by atoms with E-state index in [0.717, 1.165) is 42.9 Å². The standard InChI is InChI=1S/C37H39Cl2N3O6S.H2O/c1-45-30-10-8-25(18-32(30)46-2)31(19-27-28(38)20-40-21-29(27)39)47-36(43)34-11-9-26(49-34)12-15-41-35(24-6-4-3-5-7-24)37(44)48-33-22-42-16-13-23(33)14-17-42;/h3-11,18,20-21,23,31,33,35,41H,12-17,19,22H2,1-2H3;1H2/t31-,33-,35?;/m0./s1. The third-order valence-corrected chi connectivity index (χ3v) is 11.0. The molecule has 2 bridgehead atoms. The molecule has 7 rings (SSSR count). The van der Waals surface area contributed by atoms with Crippen molar-refractivity contribution in [1.29, 1.82) is 0 Å². The summed E-state index contributed by atoms with van der Waals surface area (Å²) >= 11 is 14.3. The average molecular weight is 743 g/mol. The Morgan fingerprint density at radius 1 is 0.960 bits per heavy atom. The molecule has 2 aromatic heterocycles. The summed E-state index contributed by atoms with van der Waals surface area (Å²) in [5.41, 5.74) is 2.21. The first-order chi connectivity index (χ1) is 23.8. The van der Waals surface area contributed by atoms with E-state index < -0.39 is 18.1 Å². The molecule has 0 amide bonds. The highest BCUT2D eigenvalue weighted by Crippen LogP contribution is 2.36. The van der Waals surface area contributed by atoms with Gasteiger partial charge in [-0.05, 0) is 73.7 Å². The van der Waals surface area contributed by atoms with Crippen LogP contribution in [0.1, 0.15) is 56.2 Å². The fourth-order valence-corrected chi connectivity index (χ4v) is 7.95. The highest BCUT2D eigenvalue weighted by molar-refractivity contribution is 7.13. The van der Waals surface area contributed by atoms with Crippen molar-refractivity contribution in [1.82, 2.24) is 10.2 Å². The number of halogens is 2. The van der Waals surface area contributed by atoms with Gasteiger partial charge in [-0.2, -0.15) is 0 Å². The van der Waals surface area contributed by atoms with Gasteiger partial charge in [-0.25, -0.2) is 14.6 Å². The molecule has 3 aliphatic heterocycles. The second kappa shape index (κ2) is 17.5. The predicted molar refractivity (Wildman–Crippen MR) is 191 cm³/mol. The van der Waals surface area contributed by atoms with Gasteiger partial charge in [0, 0.05) is 30.0 Å². The number of hydrogen-bond donors (Lipinski definition) is 1. The predicted octanol–water partition coefficient (Wildman–Crippen LogP) is 6.36. The van der Waals surface area contributed by atoms with Crippen LogP contribution in [0.3, 0.4) is 0 Å². The van der Waals surface area contributed by atoms with Gasteiger partial charge in [0.05, 0.1) is 14.2 Å². The molecule has 4 aromatic rings. The smallest absolute Gasteiger partial charge is 0.348 e. The Morgan fingerprint density at radius 2 is 1.68 bits per heavy atom. The number of pyridine rings is 1. The highest BCUT2D eigenvalue weighted by Gasteiger charge is 2.38. The Hall–Kier alpha value is -3.71. The molecule has 3 aliphatic rings. The molecule has 3 fully saturated rings. The molecular formula is C37H41Cl2N3O7S. The Bertz CT molecular complexity index is 1730. The zero-order valence-corrected chi connectivity index (χ0v) is 30.2. The van der Waals surface area contributed by atoms with E-state index in [1.807, 2.05) is 42.5 Å². The number of carbonyl (C=O) groups excluding carboxylic acids is 2. The molecule has 13 heteroatoms. The number of aromatic amines is 1. The molecule has 0 saturated carbocycles. The van der Waals surface area contributed by atoms with Crippen molar-refractivity contribution >= 4 is 46.5 Å². The number of piperidine rings is 3. The second-order valence-electron chi connectivity index (χ2n) is 12.3. The molecule has 2 aromatic carbocycles. The van der Waals surface area contributed by atoms with Crippen LogP contribution in [0.25, 0.3) is 0 Å². The van der Waals surface area contributed by atoms with E-state index in [1.54, 1.807) is 44.8 Å². The number of methoxy groups -OCH3 is 2. The lowest BCUT2D eigenvalue weighted by molar-refractivity contribution is -0.377. The summed E-state index contributed by atoms with van der Waals surface area (Å²) in [6, 6.07) is 18.1. The number of esters is 2. The Balaban J connectivity index is 0.00000486. The van der Waals surface area contributed by atoms with E-state index in [-0.39, 0.29) is 24.0 Å². The van der Waals surface area contributed by atoms with E-state index >= 15 is 0 Å². The maximum atomic E-state index is 13.6. The first-order valence-electron chi connectivity index (χ1n) is 16.4. The third kappa shape index (κ3) is 8.95. The lowest BCUT2D eigenvalue weighted by Crippen LogP contribution is -2.52. The normalized spacial score (nSPS) is 19.2. The minimum absolute atomic E-state index is 0. The molecule has 3 N–H and O–H groups in total. The fourth-order valence-electron chi connectivity index (χ4n) is 6.53. The average Bonchev–Trinajstić information content (AvgIpc) is 3.61. The van der Waals surface area contributed by atoms with Gasteiger partial charge in [0.15, 0.2) is 23.9 Å². The van der Waals surface area contributed by atoms with Gasteiger partial charge in [0.1, 0.15) is 33.2 Å². The van der Waals surface area contributed by atoms with Crippen LogP contribution in [0.5, 0.6) is 11.5 Å². The third-order valence-electron chi connectivity index (χ3n) is 9.23. The van der Waals surface area contributed by atoms with E-state index in [4.69, 9.17) is 42.1 Å². The monoisotopic (exact) mass is 741 g/mol. The highest BCUT2D eigenvalue weighted by atomic mass is 35.5. The summed E-state index contributed by atoms with van der Waals surface area (Å²) in [5.74, 6) is 0.772. The Morgan fingerprint density at radius 3 is 2.34 bits per heavy atom. The Labute approximate surface area is 305 Å². The first-order valence-corrected chi connectivity index (χ1v) is 18.0. The van der Waals surface area contributed by atoms with Crippen LogP contribution in [0, 0.1) is 5.92 Å². The summed E-state index contributed by atoms with van der Waals surface area (Å²) < 4.78 is 23.1. The number of thiophene rings is 1. The van der Waals surface area contributed by atoms with Gasteiger partial charge in [-0.15, -0.1) is 11.3 Å². The van der Waals surface area contributed by atoms with Crippen LogP contribution in [-0.2, 0) is 27.1 Å². The summed E-state index contributed by atoms with van der Waals surface area (Å²) in [5, 5.41) is 4.28. The number of fused-ring (bicyclic) bond motifs is 3. The lowest BCUT2D eigenvalue weighted by Gasteiger charge is -2.44. The van der Waals surface area contributed by atoms with Crippen molar-refractivity contribution in [2.75, 3.05) is 40.4 Å². The number of aromatic nitrogens is 1. The number of benzene rings is 2. The van der Waals surface area contributed by atoms with Crippen LogP contribution in [-0.4, -0.2) is 68.8 Å². The molecule has 50 heavy (non-hydrogen) atoms. The molecule has 266 valence electrons. The van der Waals surface area contributed by atoms with Crippen LogP contribution in [0.2, 0.25) is 10.0 Å². The van der Waals surface area contributed by atoms with E-state index in [2.05, 4.69) is 15.2 Å².